The Morgan fingerprint density at radius 3 is 1.75 bits per heavy atom. The second-order valence-electron chi connectivity index (χ2n) is 7.45. The number of unbranched alkanes of at least 4 members (excludes halogenated alkanes) is 11. The normalized spacial score (nSPS) is 13.1. The molecule has 7 nitrogen and oxygen atoms in total. The summed E-state index contributed by atoms with van der Waals surface area (Å²) in [4.78, 5) is 0. The Morgan fingerprint density at radius 2 is 1.25 bits per heavy atom. The number of rotatable bonds is 22. The van der Waals surface area contributed by atoms with Gasteiger partial charge in [-0.05, 0) is 12.8 Å². The lowest BCUT2D eigenvalue weighted by Crippen LogP contribution is -2.37. The molecular formula is C20H44N2O5S. The zero-order chi connectivity index (χ0) is 20.9. The fourth-order valence-corrected chi connectivity index (χ4v) is 3.80. The van der Waals surface area contributed by atoms with E-state index in [1.807, 2.05) is 0 Å². The molecule has 0 aliphatic heterocycles. The van der Waals surface area contributed by atoms with Gasteiger partial charge in [0.05, 0.1) is 13.2 Å². The maximum Gasteiger partial charge on any atom is 0.276 e. The van der Waals surface area contributed by atoms with Crippen molar-refractivity contribution in [3.63, 3.8) is 0 Å². The Morgan fingerprint density at radius 1 is 0.786 bits per heavy atom. The molecule has 0 aromatic carbocycles. The smallest absolute Gasteiger partial charge is 0.276 e. The molecule has 0 heterocycles. The van der Waals surface area contributed by atoms with E-state index in [9.17, 15) is 8.42 Å². The van der Waals surface area contributed by atoms with Crippen LogP contribution < -0.4 is 9.44 Å². The first kappa shape index (κ1) is 27.8. The molecular weight excluding hydrogens is 380 g/mol. The lowest BCUT2D eigenvalue weighted by atomic mass is 10.1. The Balaban J connectivity index is 3.35. The Bertz CT molecular complexity index is 421. The van der Waals surface area contributed by atoms with Crippen LogP contribution in [0.5, 0.6) is 0 Å². The Labute approximate surface area is 172 Å². The van der Waals surface area contributed by atoms with E-state index in [2.05, 4.69) is 16.4 Å². The highest BCUT2D eigenvalue weighted by atomic mass is 32.2. The third-order valence-corrected chi connectivity index (χ3v) is 5.77. The van der Waals surface area contributed by atoms with Gasteiger partial charge in [-0.1, -0.05) is 77.6 Å². The zero-order valence-corrected chi connectivity index (χ0v) is 18.6. The maximum atomic E-state index is 11.8. The van der Waals surface area contributed by atoms with E-state index in [0.29, 0.717) is 19.6 Å². The first-order chi connectivity index (χ1) is 13.5. The number of aliphatic hydroxyl groups excluding tert-OH is 2. The van der Waals surface area contributed by atoms with Crippen LogP contribution in [0.3, 0.4) is 0 Å². The quantitative estimate of drug-likeness (QED) is 0.200. The average Bonchev–Trinajstić information content (AvgIpc) is 2.67. The largest absolute Gasteiger partial charge is 0.394 e. The van der Waals surface area contributed by atoms with E-state index in [0.717, 1.165) is 12.8 Å². The van der Waals surface area contributed by atoms with Crippen molar-refractivity contribution >= 4 is 10.2 Å². The average molecular weight is 425 g/mol. The highest BCUT2D eigenvalue weighted by Crippen LogP contribution is 2.11. The molecule has 8 heteroatoms. The molecule has 28 heavy (non-hydrogen) atoms. The van der Waals surface area contributed by atoms with Crippen LogP contribution in [0.2, 0.25) is 0 Å². The van der Waals surface area contributed by atoms with Crippen LogP contribution in [0.1, 0.15) is 90.4 Å². The van der Waals surface area contributed by atoms with Gasteiger partial charge in [0.2, 0.25) is 0 Å². The second-order valence-corrected chi connectivity index (χ2v) is 9.03. The number of ether oxygens (including phenoxy) is 1. The molecule has 0 aromatic heterocycles. The minimum atomic E-state index is -3.45. The molecule has 0 saturated heterocycles. The molecule has 4 N–H and O–H groups in total. The highest BCUT2D eigenvalue weighted by Gasteiger charge is 2.07. The number of aliphatic hydroxyl groups is 2. The summed E-state index contributed by atoms with van der Waals surface area (Å²) in [5.41, 5.74) is 0. The van der Waals surface area contributed by atoms with E-state index >= 15 is 0 Å². The predicted octanol–water partition coefficient (Wildman–Crippen LogP) is 2.87. The van der Waals surface area contributed by atoms with Gasteiger partial charge in [0.1, 0.15) is 6.10 Å². The molecule has 170 valence electrons. The van der Waals surface area contributed by atoms with Gasteiger partial charge in [0, 0.05) is 19.7 Å². The maximum absolute atomic E-state index is 11.8. The van der Waals surface area contributed by atoms with Gasteiger partial charge in [-0.2, -0.15) is 8.42 Å². The van der Waals surface area contributed by atoms with Crippen molar-refractivity contribution in [3.8, 4) is 0 Å². The molecule has 0 aliphatic carbocycles. The first-order valence-corrected chi connectivity index (χ1v) is 12.6. The van der Waals surface area contributed by atoms with Gasteiger partial charge in [-0.15, -0.1) is 0 Å². The molecule has 1 unspecified atom stereocenters. The summed E-state index contributed by atoms with van der Waals surface area (Å²) in [6, 6.07) is 0. The highest BCUT2D eigenvalue weighted by molar-refractivity contribution is 7.87. The van der Waals surface area contributed by atoms with E-state index in [1.54, 1.807) is 0 Å². The van der Waals surface area contributed by atoms with E-state index in [4.69, 9.17) is 14.9 Å². The SMILES string of the molecule is CCCCCCCCCCCCCCNS(=O)(=O)NCCCOCC(O)CO. The number of hydrogen-bond acceptors (Lipinski definition) is 5. The third-order valence-electron chi connectivity index (χ3n) is 4.60. The van der Waals surface area contributed by atoms with Crippen molar-refractivity contribution in [1.82, 2.24) is 9.44 Å². The monoisotopic (exact) mass is 424 g/mol. The molecule has 0 aliphatic rings. The summed E-state index contributed by atoms with van der Waals surface area (Å²) in [6.07, 6.45) is 14.7. The van der Waals surface area contributed by atoms with Crippen LogP contribution in [0, 0.1) is 0 Å². The lowest BCUT2D eigenvalue weighted by Gasteiger charge is -2.10. The Kier molecular flexibility index (Phi) is 19.9. The van der Waals surface area contributed by atoms with Gasteiger partial charge in [-0.25, -0.2) is 9.44 Å². The summed E-state index contributed by atoms with van der Waals surface area (Å²) >= 11 is 0. The third kappa shape index (κ3) is 20.5. The summed E-state index contributed by atoms with van der Waals surface area (Å²) in [6.45, 7) is 3.04. The van der Waals surface area contributed by atoms with Crippen molar-refractivity contribution < 1.29 is 23.4 Å². The van der Waals surface area contributed by atoms with Gasteiger partial charge >= 0.3 is 0 Å². The van der Waals surface area contributed by atoms with Crippen molar-refractivity contribution in [2.24, 2.45) is 0 Å². The summed E-state index contributed by atoms with van der Waals surface area (Å²) in [5.74, 6) is 0. The van der Waals surface area contributed by atoms with Gasteiger partial charge < -0.3 is 14.9 Å². The van der Waals surface area contributed by atoms with Crippen LogP contribution in [0.25, 0.3) is 0 Å². The molecule has 1 atom stereocenters. The number of nitrogens with one attached hydrogen (secondary N) is 2. The summed E-state index contributed by atoms with van der Waals surface area (Å²) in [7, 11) is -3.45. The van der Waals surface area contributed by atoms with Crippen molar-refractivity contribution in [1.29, 1.82) is 0 Å². The number of hydrogen-bond donors (Lipinski definition) is 4. The molecule has 0 amide bonds. The zero-order valence-electron chi connectivity index (χ0n) is 17.8. The molecule has 0 aromatic rings. The molecule has 0 fully saturated rings. The topological polar surface area (TPSA) is 108 Å². The Hall–Kier alpha value is -0.250. The predicted molar refractivity (Wildman–Crippen MR) is 115 cm³/mol. The van der Waals surface area contributed by atoms with Crippen LogP contribution in [-0.2, 0) is 14.9 Å². The molecule has 0 radical (unpaired) electrons. The first-order valence-electron chi connectivity index (χ1n) is 11.1. The fraction of sp³-hybridized carbons (Fsp3) is 1.00. The minimum Gasteiger partial charge on any atom is -0.394 e. The standard InChI is InChI=1S/C20H44N2O5S/c1-2-3-4-5-6-7-8-9-10-11-12-13-15-21-28(25,26)22-16-14-17-27-19-20(24)18-23/h20-24H,2-19H2,1H3. The van der Waals surface area contributed by atoms with Crippen LogP contribution in [0.4, 0.5) is 0 Å². The molecule has 0 bridgehead atoms. The van der Waals surface area contributed by atoms with Gasteiger partial charge in [0.25, 0.3) is 10.2 Å². The molecule has 0 rings (SSSR count). The van der Waals surface area contributed by atoms with E-state index < -0.39 is 16.3 Å². The van der Waals surface area contributed by atoms with Crippen molar-refractivity contribution in [3.05, 3.63) is 0 Å². The second kappa shape index (κ2) is 20.0. The lowest BCUT2D eigenvalue weighted by molar-refractivity contribution is 0.00598. The van der Waals surface area contributed by atoms with Crippen LogP contribution >= 0.6 is 0 Å². The fourth-order valence-electron chi connectivity index (χ4n) is 2.88. The minimum absolute atomic E-state index is 0.0560. The molecule has 0 saturated carbocycles. The summed E-state index contributed by atoms with van der Waals surface area (Å²) < 4.78 is 33.7. The molecule has 0 spiro atoms. The summed E-state index contributed by atoms with van der Waals surface area (Å²) in [5, 5.41) is 17.7. The van der Waals surface area contributed by atoms with E-state index in [-0.39, 0.29) is 19.8 Å². The van der Waals surface area contributed by atoms with Gasteiger partial charge in [-0.3, -0.25) is 0 Å². The van der Waals surface area contributed by atoms with Crippen LogP contribution in [0.15, 0.2) is 0 Å². The van der Waals surface area contributed by atoms with Crippen LogP contribution in [-0.4, -0.2) is 57.6 Å². The van der Waals surface area contributed by atoms with Crippen molar-refractivity contribution in [2.45, 2.75) is 96.5 Å². The van der Waals surface area contributed by atoms with Crippen molar-refractivity contribution in [2.75, 3.05) is 32.9 Å². The van der Waals surface area contributed by atoms with Gasteiger partial charge in [0.15, 0.2) is 0 Å². The van der Waals surface area contributed by atoms with E-state index in [1.165, 1.54) is 64.2 Å².